The lowest BCUT2D eigenvalue weighted by atomic mass is 9.33. The molecule has 13 rings (SSSR count). The van der Waals surface area contributed by atoms with E-state index in [2.05, 4.69) is 356 Å². The fraction of sp³-hybridized carbons (Fsp3) is 0.233. The minimum atomic E-state index is -0.250. The van der Waals surface area contributed by atoms with Crippen LogP contribution in [0.2, 0.25) is 0 Å². The molecule has 0 radical (unpaired) electrons. The number of rotatable bonds is 8. The van der Waals surface area contributed by atoms with Crippen molar-refractivity contribution in [3.63, 3.8) is 0 Å². The summed E-state index contributed by atoms with van der Waals surface area (Å²) in [5, 5.41) is 0. The van der Waals surface area contributed by atoms with Gasteiger partial charge in [-0.15, -0.1) is 0 Å². The molecule has 2 heterocycles. The first-order chi connectivity index (χ1) is 42.3. The average Bonchev–Trinajstić information content (AvgIpc) is 0.697. The van der Waals surface area contributed by atoms with Crippen LogP contribution in [0.4, 0.5) is 34.1 Å². The fourth-order valence-electron chi connectivity index (χ4n) is 14.0. The van der Waals surface area contributed by atoms with Crippen molar-refractivity contribution >= 4 is 57.2 Å². The predicted molar refractivity (Wildman–Crippen MR) is 387 cm³/mol. The van der Waals surface area contributed by atoms with Crippen LogP contribution in [0.25, 0.3) is 66.8 Å². The Hall–Kier alpha value is -8.92. The summed E-state index contributed by atoms with van der Waals surface area (Å²) in [6.45, 7) is 35.2. The molecular weight excluding hydrogens is 1070 g/mol. The maximum absolute atomic E-state index is 2.69. The third-order valence-electron chi connectivity index (χ3n) is 18.8. The molecule has 0 amide bonds. The minimum Gasteiger partial charge on any atom is -0.310 e. The van der Waals surface area contributed by atoms with Gasteiger partial charge in [-0.3, -0.25) is 0 Å². The highest BCUT2D eigenvalue weighted by atomic mass is 15.2. The third-order valence-corrected chi connectivity index (χ3v) is 18.8. The fourth-order valence-corrected chi connectivity index (χ4v) is 14.0. The van der Waals surface area contributed by atoms with E-state index < -0.39 is 0 Å². The Bertz CT molecular complexity index is 4090. The second kappa shape index (κ2) is 22.0. The summed E-state index contributed by atoms with van der Waals surface area (Å²) in [6, 6.07) is 92.9. The lowest BCUT2D eigenvalue weighted by Gasteiger charge is -2.46. The van der Waals surface area contributed by atoms with Gasteiger partial charge in [-0.05, 0) is 140 Å². The Morgan fingerprint density at radius 2 is 0.551 bits per heavy atom. The SMILES string of the molecule is CC(C)(C)c1cc2c3c(c1)N(c1c(-c4ccccc4)cccc1-c1ccccc1)c1ccc(-c4ccc(C(C)(C)C)cc4C(C)(C)C)cc1B3c1cc(-c3ccc(C(C)(C)C)cc3C(C)(C)C)ccc1N2c1c(-c2ccccc2)cccc1-c1ccccc1. The van der Waals surface area contributed by atoms with E-state index in [1.807, 2.05) is 0 Å². The summed E-state index contributed by atoms with van der Waals surface area (Å²) < 4.78 is 0. The Labute approximate surface area is 532 Å². The monoisotopic (exact) mass is 1160 g/mol. The first-order valence-electron chi connectivity index (χ1n) is 32.2. The molecule has 2 aliphatic rings. The van der Waals surface area contributed by atoms with Crippen molar-refractivity contribution in [2.75, 3.05) is 9.80 Å². The highest BCUT2D eigenvalue weighted by molar-refractivity contribution is 7.00. The standard InChI is InChI=1S/C86H85BN2/c1-82(2,3)62-44-46-65(71(52-62)85(10,11)12)60-42-48-75-73(50-60)87-74-51-61(66-47-45-63(83(4,5)6)53-72(66)86(13,14)15)43-49-76(74)89(81-69(58-34-24-18-25-35-58)40-29-41-70(81)59-36-26-19-27-37-59)78-55-64(84(7,8)9)54-77(79(78)87)88(75)80-67(56-30-20-16-21-31-56)38-28-39-68(80)57-32-22-17-23-33-57/h16-55H,1-15H3. The zero-order chi connectivity index (χ0) is 62.5. The average molecular weight is 1160 g/mol. The van der Waals surface area contributed by atoms with E-state index in [4.69, 9.17) is 0 Å². The maximum atomic E-state index is 2.69. The Kier molecular flexibility index (Phi) is 14.6. The van der Waals surface area contributed by atoms with Crippen LogP contribution >= 0.6 is 0 Å². The van der Waals surface area contributed by atoms with Crippen LogP contribution in [0.15, 0.2) is 243 Å². The highest BCUT2D eigenvalue weighted by Crippen LogP contribution is 2.54. The Balaban J connectivity index is 1.23. The van der Waals surface area contributed by atoms with Gasteiger partial charge in [-0.25, -0.2) is 0 Å². The summed E-state index contributed by atoms with van der Waals surface area (Å²) in [7, 11) is 0. The molecule has 3 heteroatoms. The summed E-state index contributed by atoms with van der Waals surface area (Å²) in [5.41, 5.74) is 31.4. The maximum Gasteiger partial charge on any atom is 0.252 e. The van der Waals surface area contributed by atoms with Crippen LogP contribution in [0.3, 0.4) is 0 Å². The van der Waals surface area contributed by atoms with E-state index in [0.29, 0.717) is 0 Å². The molecule has 0 aliphatic carbocycles. The van der Waals surface area contributed by atoms with Crippen LogP contribution in [0.1, 0.15) is 132 Å². The molecule has 11 aromatic rings. The van der Waals surface area contributed by atoms with Crippen LogP contribution in [0, 0.1) is 0 Å². The Morgan fingerprint density at radius 1 is 0.236 bits per heavy atom. The summed E-state index contributed by atoms with van der Waals surface area (Å²) in [6.07, 6.45) is 0. The van der Waals surface area contributed by atoms with Crippen molar-refractivity contribution in [1.29, 1.82) is 0 Å². The summed E-state index contributed by atoms with van der Waals surface area (Å²) >= 11 is 0. The molecule has 89 heavy (non-hydrogen) atoms. The first-order valence-corrected chi connectivity index (χ1v) is 32.2. The second-order valence-electron chi connectivity index (χ2n) is 30.2. The lowest BCUT2D eigenvalue weighted by molar-refractivity contribution is 0.569. The number of nitrogens with zero attached hydrogens (tertiary/aromatic N) is 2. The van der Waals surface area contributed by atoms with Gasteiger partial charge in [-0.1, -0.05) is 322 Å². The molecular formula is C86H85BN2. The van der Waals surface area contributed by atoms with Crippen molar-refractivity contribution in [2.24, 2.45) is 0 Å². The molecule has 0 atom stereocenters. The largest absolute Gasteiger partial charge is 0.310 e. The third kappa shape index (κ3) is 10.7. The number of anilines is 6. The Morgan fingerprint density at radius 3 is 0.843 bits per heavy atom. The van der Waals surface area contributed by atoms with E-state index in [0.717, 1.165) is 11.4 Å². The van der Waals surface area contributed by atoms with Gasteiger partial charge in [0.2, 0.25) is 0 Å². The second-order valence-corrected chi connectivity index (χ2v) is 30.2. The van der Waals surface area contributed by atoms with E-state index in [-0.39, 0.29) is 33.8 Å². The van der Waals surface area contributed by atoms with E-state index in [1.165, 1.54) is 134 Å². The van der Waals surface area contributed by atoms with Gasteiger partial charge < -0.3 is 9.80 Å². The zero-order valence-electron chi connectivity index (χ0n) is 55.1. The number of fused-ring (bicyclic) bond motifs is 4. The highest BCUT2D eigenvalue weighted by Gasteiger charge is 2.46. The minimum absolute atomic E-state index is 0.0156. The predicted octanol–water partition coefficient (Wildman–Crippen LogP) is 22.3. The van der Waals surface area contributed by atoms with Gasteiger partial charge in [0, 0.05) is 45.0 Å². The molecule has 2 nitrogen and oxygen atoms in total. The number of benzene rings is 11. The molecule has 0 N–H and O–H groups in total. The molecule has 0 saturated carbocycles. The molecule has 0 unspecified atom stereocenters. The molecule has 2 aliphatic heterocycles. The van der Waals surface area contributed by atoms with Gasteiger partial charge in [0.15, 0.2) is 0 Å². The van der Waals surface area contributed by atoms with Crippen LogP contribution in [-0.4, -0.2) is 6.71 Å². The molecule has 0 saturated heterocycles. The topological polar surface area (TPSA) is 6.48 Å². The first kappa shape index (κ1) is 59.1. The molecule has 442 valence electrons. The van der Waals surface area contributed by atoms with Gasteiger partial charge in [-0.2, -0.15) is 0 Å². The van der Waals surface area contributed by atoms with Crippen LogP contribution in [0.5, 0.6) is 0 Å². The number of para-hydroxylation sites is 2. The molecule has 0 spiro atoms. The smallest absolute Gasteiger partial charge is 0.252 e. The quantitative estimate of drug-likeness (QED) is 0.140. The molecule has 0 aromatic heterocycles. The van der Waals surface area contributed by atoms with E-state index in [1.54, 1.807) is 0 Å². The number of hydrogen-bond acceptors (Lipinski definition) is 2. The normalized spacial score (nSPS) is 13.3. The van der Waals surface area contributed by atoms with Crippen molar-refractivity contribution in [1.82, 2.24) is 0 Å². The van der Waals surface area contributed by atoms with Crippen molar-refractivity contribution in [2.45, 2.75) is 131 Å². The van der Waals surface area contributed by atoms with Crippen molar-refractivity contribution in [3.8, 4) is 66.8 Å². The van der Waals surface area contributed by atoms with Crippen LogP contribution < -0.4 is 26.2 Å². The lowest BCUT2D eigenvalue weighted by Crippen LogP contribution is -2.61. The van der Waals surface area contributed by atoms with Crippen molar-refractivity contribution in [3.05, 3.63) is 270 Å². The molecule has 11 aromatic carbocycles. The van der Waals surface area contributed by atoms with Gasteiger partial charge in [0.05, 0.1) is 11.4 Å². The summed E-state index contributed by atoms with van der Waals surface area (Å²) in [4.78, 5) is 5.39. The van der Waals surface area contributed by atoms with Gasteiger partial charge in [0.25, 0.3) is 6.71 Å². The van der Waals surface area contributed by atoms with E-state index >= 15 is 0 Å². The molecule has 0 bridgehead atoms. The zero-order valence-corrected chi connectivity index (χ0v) is 55.1. The summed E-state index contributed by atoms with van der Waals surface area (Å²) in [5.74, 6) is 0. The van der Waals surface area contributed by atoms with Gasteiger partial charge in [0.1, 0.15) is 0 Å². The van der Waals surface area contributed by atoms with E-state index in [9.17, 15) is 0 Å². The van der Waals surface area contributed by atoms with Crippen molar-refractivity contribution < 1.29 is 0 Å². The van der Waals surface area contributed by atoms with Gasteiger partial charge >= 0.3 is 0 Å². The number of hydrogen-bond donors (Lipinski definition) is 0. The molecule has 0 fully saturated rings. The van der Waals surface area contributed by atoms with Crippen LogP contribution in [-0.2, 0) is 27.1 Å².